The van der Waals surface area contributed by atoms with Gasteiger partial charge in [0.1, 0.15) is 0 Å². The van der Waals surface area contributed by atoms with Crippen molar-refractivity contribution in [3.63, 3.8) is 0 Å². The maximum Gasteiger partial charge on any atom is 0.163 e. The minimum atomic E-state index is 0.0889. The van der Waals surface area contributed by atoms with Crippen molar-refractivity contribution in [2.75, 3.05) is 13.2 Å². The molecule has 0 atom stereocenters. The molecule has 1 aromatic heterocycles. The van der Waals surface area contributed by atoms with Crippen molar-refractivity contribution >= 4 is 5.78 Å². The molecule has 0 radical (unpaired) electrons. The summed E-state index contributed by atoms with van der Waals surface area (Å²) in [4.78, 5) is 11.4. The van der Waals surface area contributed by atoms with Crippen LogP contribution in [-0.2, 0) is 11.3 Å². The van der Waals surface area contributed by atoms with Crippen LogP contribution in [0.5, 0.6) is 0 Å². The predicted molar refractivity (Wildman–Crippen MR) is 62.8 cm³/mol. The first-order chi connectivity index (χ1) is 7.57. The smallest absolute Gasteiger partial charge is 0.163 e. The quantitative estimate of drug-likeness (QED) is 0.549. The van der Waals surface area contributed by atoms with Crippen molar-refractivity contribution in [1.82, 2.24) is 9.78 Å². The molecule has 0 aliphatic carbocycles. The summed E-state index contributed by atoms with van der Waals surface area (Å²) in [5.41, 5.74) is 2.54. The van der Waals surface area contributed by atoms with E-state index < -0.39 is 0 Å². The number of ether oxygens (including phenoxy) is 1. The van der Waals surface area contributed by atoms with Gasteiger partial charge in [-0.15, -0.1) is 0 Å². The maximum absolute atomic E-state index is 11.4. The number of Topliss-reactive ketones (excluding diaryl/α,β-unsaturated/α-hetero) is 1. The lowest BCUT2D eigenvalue weighted by Crippen LogP contribution is -2.06. The third-order valence-electron chi connectivity index (χ3n) is 2.60. The Labute approximate surface area is 96.6 Å². The van der Waals surface area contributed by atoms with Crippen LogP contribution in [0.15, 0.2) is 0 Å². The minimum absolute atomic E-state index is 0.0889. The number of hydrogen-bond acceptors (Lipinski definition) is 3. The van der Waals surface area contributed by atoms with Crippen molar-refractivity contribution in [3.05, 3.63) is 17.0 Å². The molecule has 4 nitrogen and oxygen atoms in total. The predicted octanol–water partition coefficient (Wildman–Crippen LogP) is 2.13. The van der Waals surface area contributed by atoms with E-state index in [0.29, 0.717) is 0 Å². The highest BCUT2D eigenvalue weighted by Crippen LogP contribution is 2.13. The molecule has 16 heavy (non-hydrogen) atoms. The number of carbonyl (C=O) groups excluding carboxylic acids is 1. The Hall–Kier alpha value is -1.16. The van der Waals surface area contributed by atoms with E-state index in [1.54, 1.807) is 6.92 Å². The van der Waals surface area contributed by atoms with Crippen molar-refractivity contribution in [3.8, 4) is 0 Å². The highest BCUT2D eigenvalue weighted by molar-refractivity contribution is 5.96. The summed E-state index contributed by atoms with van der Waals surface area (Å²) in [5.74, 6) is 0.0889. The van der Waals surface area contributed by atoms with Crippen molar-refractivity contribution in [2.24, 2.45) is 0 Å². The Bertz CT molecular complexity index is 369. The first kappa shape index (κ1) is 12.9. The lowest BCUT2D eigenvalue weighted by molar-refractivity contribution is 0.101. The number of hydrogen-bond donors (Lipinski definition) is 0. The van der Waals surface area contributed by atoms with Gasteiger partial charge in [-0.25, -0.2) is 0 Å². The molecule has 1 aromatic rings. The van der Waals surface area contributed by atoms with Gasteiger partial charge in [0.2, 0.25) is 0 Å². The van der Waals surface area contributed by atoms with Crippen molar-refractivity contribution in [1.29, 1.82) is 0 Å². The molecule has 0 saturated carbocycles. The normalized spacial score (nSPS) is 10.8. The van der Waals surface area contributed by atoms with Gasteiger partial charge in [0, 0.05) is 25.5 Å². The van der Waals surface area contributed by atoms with Crippen molar-refractivity contribution in [2.45, 2.75) is 40.7 Å². The molecule has 1 heterocycles. The fourth-order valence-corrected chi connectivity index (χ4v) is 1.88. The van der Waals surface area contributed by atoms with Gasteiger partial charge in [-0.05, 0) is 34.1 Å². The second-order valence-corrected chi connectivity index (χ2v) is 3.88. The topological polar surface area (TPSA) is 44.1 Å². The Morgan fingerprint density at radius 2 is 2.12 bits per heavy atom. The zero-order chi connectivity index (χ0) is 12.1. The van der Waals surface area contributed by atoms with Gasteiger partial charge in [-0.2, -0.15) is 5.10 Å². The second-order valence-electron chi connectivity index (χ2n) is 3.88. The molecule has 0 unspecified atom stereocenters. The third kappa shape index (κ3) is 2.92. The van der Waals surface area contributed by atoms with E-state index >= 15 is 0 Å². The monoisotopic (exact) mass is 224 g/mol. The fraction of sp³-hybridized carbons (Fsp3) is 0.667. The largest absolute Gasteiger partial charge is 0.382 e. The van der Waals surface area contributed by atoms with Crippen LogP contribution in [-0.4, -0.2) is 28.8 Å². The van der Waals surface area contributed by atoms with Gasteiger partial charge >= 0.3 is 0 Å². The van der Waals surface area contributed by atoms with Gasteiger partial charge in [-0.3, -0.25) is 9.48 Å². The maximum atomic E-state index is 11.4. The van der Waals surface area contributed by atoms with Crippen LogP contribution in [0.4, 0.5) is 0 Å². The van der Waals surface area contributed by atoms with E-state index in [4.69, 9.17) is 4.74 Å². The molecule has 0 saturated heterocycles. The molecule has 0 fully saturated rings. The molecule has 0 N–H and O–H groups in total. The van der Waals surface area contributed by atoms with Crippen LogP contribution in [0.2, 0.25) is 0 Å². The second kappa shape index (κ2) is 5.80. The molecule has 0 aromatic carbocycles. The first-order valence-corrected chi connectivity index (χ1v) is 5.70. The fourth-order valence-electron chi connectivity index (χ4n) is 1.88. The van der Waals surface area contributed by atoms with Gasteiger partial charge in [0.25, 0.3) is 0 Å². The van der Waals surface area contributed by atoms with Crippen LogP contribution in [0.3, 0.4) is 0 Å². The van der Waals surface area contributed by atoms with Crippen molar-refractivity contribution < 1.29 is 9.53 Å². The number of rotatable bonds is 6. The molecule has 0 aliphatic heterocycles. The van der Waals surface area contributed by atoms with Crippen LogP contribution in [0.1, 0.15) is 42.0 Å². The average Bonchev–Trinajstić information content (AvgIpc) is 2.49. The summed E-state index contributed by atoms with van der Waals surface area (Å²) in [7, 11) is 0. The summed E-state index contributed by atoms with van der Waals surface area (Å²) >= 11 is 0. The first-order valence-electron chi connectivity index (χ1n) is 5.70. The Morgan fingerprint density at radius 3 is 2.62 bits per heavy atom. The Morgan fingerprint density at radius 1 is 1.44 bits per heavy atom. The van der Waals surface area contributed by atoms with E-state index in [1.807, 2.05) is 25.5 Å². The Kier molecular flexibility index (Phi) is 4.68. The van der Waals surface area contributed by atoms with Gasteiger partial charge in [0.15, 0.2) is 5.78 Å². The summed E-state index contributed by atoms with van der Waals surface area (Å²) in [6, 6.07) is 0. The highest BCUT2D eigenvalue weighted by atomic mass is 16.5. The number of ketones is 1. The third-order valence-corrected chi connectivity index (χ3v) is 2.60. The standard InChI is InChI=1S/C12H20N2O2/c1-5-16-8-6-7-14-10(3)12(11(4)15)9(2)13-14/h5-8H2,1-4H3. The molecule has 90 valence electrons. The molecular formula is C12H20N2O2. The van der Waals surface area contributed by atoms with Crippen LogP contribution in [0.25, 0.3) is 0 Å². The number of carbonyl (C=O) groups is 1. The summed E-state index contributed by atoms with van der Waals surface area (Å²) < 4.78 is 7.17. The lowest BCUT2D eigenvalue weighted by Gasteiger charge is -2.04. The van der Waals surface area contributed by atoms with Crippen LogP contribution in [0, 0.1) is 13.8 Å². The molecule has 0 spiro atoms. The lowest BCUT2D eigenvalue weighted by atomic mass is 10.1. The molecule has 0 bridgehead atoms. The van der Waals surface area contributed by atoms with E-state index in [-0.39, 0.29) is 5.78 Å². The number of aryl methyl sites for hydroxylation is 2. The van der Waals surface area contributed by atoms with E-state index in [0.717, 1.165) is 43.1 Å². The van der Waals surface area contributed by atoms with E-state index in [9.17, 15) is 4.79 Å². The van der Waals surface area contributed by atoms with Gasteiger partial charge in [0.05, 0.1) is 11.3 Å². The highest BCUT2D eigenvalue weighted by Gasteiger charge is 2.14. The summed E-state index contributed by atoms with van der Waals surface area (Å²) in [6.07, 6.45) is 0.924. The molecular weight excluding hydrogens is 204 g/mol. The Balaban J connectivity index is 2.67. The summed E-state index contributed by atoms with van der Waals surface area (Å²) in [5, 5.41) is 4.37. The number of aromatic nitrogens is 2. The minimum Gasteiger partial charge on any atom is -0.382 e. The van der Waals surface area contributed by atoms with Crippen LogP contribution < -0.4 is 0 Å². The number of nitrogens with zero attached hydrogens (tertiary/aromatic N) is 2. The SMILES string of the molecule is CCOCCCn1nc(C)c(C(C)=O)c1C. The summed E-state index contributed by atoms with van der Waals surface area (Å²) in [6.45, 7) is 9.68. The molecule has 4 heteroatoms. The average molecular weight is 224 g/mol. The zero-order valence-corrected chi connectivity index (χ0v) is 10.5. The van der Waals surface area contributed by atoms with Crippen LogP contribution >= 0.6 is 0 Å². The molecule has 0 aliphatic rings. The zero-order valence-electron chi connectivity index (χ0n) is 10.5. The van der Waals surface area contributed by atoms with Gasteiger partial charge in [-0.1, -0.05) is 0 Å². The van der Waals surface area contributed by atoms with E-state index in [1.165, 1.54) is 0 Å². The van der Waals surface area contributed by atoms with Gasteiger partial charge < -0.3 is 4.74 Å². The van der Waals surface area contributed by atoms with E-state index in [2.05, 4.69) is 5.10 Å². The molecule has 1 rings (SSSR count). The molecule has 0 amide bonds.